The molecule has 0 radical (unpaired) electrons. The topological polar surface area (TPSA) is 76.3 Å². The molecule has 1 aliphatic heterocycles. The summed E-state index contributed by atoms with van der Waals surface area (Å²) in [6.45, 7) is 3.30. The first-order chi connectivity index (χ1) is 9.20. The van der Waals surface area contributed by atoms with Crippen LogP contribution in [0.4, 0.5) is 11.6 Å². The van der Waals surface area contributed by atoms with Crippen LogP contribution in [0.1, 0.15) is 19.3 Å². The van der Waals surface area contributed by atoms with Gasteiger partial charge in [0.1, 0.15) is 6.33 Å². The lowest BCUT2D eigenvalue weighted by Crippen LogP contribution is -2.30. The fourth-order valence-electron chi connectivity index (χ4n) is 2.46. The van der Waals surface area contributed by atoms with Crippen LogP contribution in [0.15, 0.2) is 6.33 Å². The molecule has 6 nitrogen and oxygen atoms in total. The third-order valence-corrected chi connectivity index (χ3v) is 3.72. The number of nitrogen functional groups attached to an aromatic ring is 1. The minimum Gasteiger partial charge on any atom is -0.490 e. The molecule has 19 heavy (non-hydrogen) atoms. The second kappa shape index (κ2) is 6.56. The Bertz CT molecular complexity index is 404. The average molecular weight is 265 g/mol. The lowest BCUT2D eigenvalue weighted by Gasteiger charge is -2.28. The van der Waals surface area contributed by atoms with Gasteiger partial charge in [0, 0.05) is 6.54 Å². The van der Waals surface area contributed by atoms with Gasteiger partial charge in [-0.1, -0.05) is 0 Å². The van der Waals surface area contributed by atoms with Crippen LogP contribution in [-0.4, -0.2) is 48.7 Å². The van der Waals surface area contributed by atoms with Crippen molar-refractivity contribution in [1.29, 1.82) is 0 Å². The van der Waals surface area contributed by atoms with E-state index in [1.807, 2.05) is 0 Å². The first-order valence-electron chi connectivity index (χ1n) is 6.77. The van der Waals surface area contributed by atoms with E-state index in [9.17, 15) is 0 Å². The number of likely N-dealkylation sites (tertiary alicyclic amines) is 1. The molecule has 0 aromatic carbocycles. The molecule has 1 saturated heterocycles. The Balaban J connectivity index is 1.81. The third kappa shape index (κ3) is 3.70. The molecular weight excluding hydrogens is 242 g/mol. The van der Waals surface area contributed by atoms with Gasteiger partial charge in [0.15, 0.2) is 11.6 Å². The molecule has 1 aromatic heterocycles. The molecule has 1 aliphatic rings. The predicted molar refractivity (Wildman–Crippen MR) is 76.3 cm³/mol. The van der Waals surface area contributed by atoms with Crippen LogP contribution in [0, 0.1) is 5.92 Å². The molecule has 3 N–H and O–H groups in total. The van der Waals surface area contributed by atoms with Gasteiger partial charge in [0.25, 0.3) is 0 Å². The highest BCUT2D eigenvalue weighted by atomic mass is 16.5. The van der Waals surface area contributed by atoms with Crippen molar-refractivity contribution in [3.63, 3.8) is 0 Å². The maximum atomic E-state index is 5.74. The fraction of sp³-hybridized carbons (Fsp3) is 0.692. The standard InChI is InChI=1S/C13H23N5O/c1-18-7-4-10(5-8-18)3-6-15-13-11(19-2)12(14)16-9-17-13/h9-10H,3-8H2,1-2H3,(H3,14,15,16,17). The van der Waals surface area contributed by atoms with Gasteiger partial charge >= 0.3 is 0 Å². The summed E-state index contributed by atoms with van der Waals surface area (Å²) in [5, 5.41) is 3.29. The fourth-order valence-corrected chi connectivity index (χ4v) is 2.46. The van der Waals surface area contributed by atoms with E-state index in [1.165, 1.54) is 32.3 Å². The number of anilines is 2. The monoisotopic (exact) mass is 265 g/mol. The summed E-state index contributed by atoms with van der Waals surface area (Å²) in [7, 11) is 3.76. The van der Waals surface area contributed by atoms with E-state index in [0.29, 0.717) is 17.4 Å². The zero-order chi connectivity index (χ0) is 13.7. The molecule has 0 saturated carbocycles. The zero-order valence-corrected chi connectivity index (χ0v) is 11.7. The molecule has 1 fully saturated rings. The van der Waals surface area contributed by atoms with Gasteiger partial charge in [0.2, 0.25) is 5.75 Å². The smallest absolute Gasteiger partial charge is 0.203 e. The SMILES string of the molecule is COc1c(N)ncnc1NCCC1CCN(C)CC1. The van der Waals surface area contributed by atoms with Crippen molar-refractivity contribution in [1.82, 2.24) is 14.9 Å². The number of aromatic nitrogens is 2. The van der Waals surface area contributed by atoms with Gasteiger partial charge in [0.05, 0.1) is 7.11 Å². The summed E-state index contributed by atoms with van der Waals surface area (Å²) in [5.41, 5.74) is 5.74. The van der Waals surface area contributed by atoms with Crippen LogP contribution < -0.4 is 15.8 Å². The minimum atomic E-state index is 0.374. The number of nitrogens with one attached hydrogen (secondary N) is 1. The average Bonchev–Trinajstić information content (AvgIpc) is 2.41. The molecule has 0 unspecified atom stereocenters. The first kappa shape index (κ1) is 13.9. The Kier molecular flexibility index (Phi) is 4.79. The van der Waals surface area contributed by atoms with Gasteiger partial charge in [-0.05, 0) is 45.3 Å². The molecule has 0 aliphatic carbocycles. The number of hydrogen-bond acceptors (Lipinski definition) is 6. The summed E-state index contributed by atoms with van der Waals surface area (Å²) < 4.78 is 5.21. The molecule has 6 heteroatoms. The van der Waals surface area contributed by atoms with Crippen LogP contribution in [0.25, 0.3) is 0 Å². The number of methoxy groups -OCH3 is 1. The molecular formula is C13H23N5O. The molecule has 1 aromatic rings. The second-order valence-corrected chi connectivity index (χ2v) is 5.10. The van der Waals surface area contributed by atoms with Crippen molar-refractivity contribution < 1.29 is 4.74 Å². The van der Waals surface area contributed by atoms with Gasteiger partial charge in [-0.25, -0.2) is 9.97 Å². The van der Waals surface area contributed by atoms with Crippen molar-refractivity contribution in [3.05, 3.63) is 6.33 Å². The number of rotatable bonds is 5. The Hall–Kier alpha value is -1.56. The van der Waals surface area contributed by atoms with Crippen molar-refractivity contribution >= 4 is 11.6 Å². The lowest BCUT2D eigenvalue weighted by molar-refractivity contribution is 0.215. The largest absolute Gasteiger partial charge is 0.490 e. The van der Waals surface area contributed by atoms with Crippen molar-refractivity contribution in [2.24, 2.45) is 5.92 Å². The highest BCUT2D eigenvalue weighted by Gasteiger charge is 2.16. The van der Waals surface area contributed by atoms with Gasteiger partial charge in [-0.2, -0.15) is 0 Å². The van der Waals surface area contributed by atoms with Crippen LogP contribution >= 0.6 is 0 Å². The Morgan fingerprint density at radius 2 is 2.16 bits per heavy atom. The summed E-state index contributed by atoms with van der Waals surface area (Å²) in [6.07, 6.45) is 5.17. The lowest BCUT2D eigenvalue weighted by atomic mass is 9.94. The van der Waals surface area contributed by atoms with E-state index in [-0.39, 0.29) is 0 Å². The van der Waals surface area contributed by atoms with Crippen LogP contribution in [0.2, 0.25) is 0 Å². The molecule has 0 amide bonds. The Morgan fingerprint density at radius 1 is 1.42 bits per heavy atom. The first-order valence-corrected chi connectivity index (χ1v) is 6.77. The van der Waals surface area contributed by atoms with Crippen molar-refractivity contribution in [2.75, 3.05) is 44.8 Å². The summed E-state index contributed by atoms with van der Waals surface area (Å²) in [4.78, 5) is 10.5. The zero-order valence-electron chi connectivity index (χ0n) is 11.7. The maximum absolute atomic E-state index is 5.74. The van der Waals surface area contributed by atoms with E-state index in [0.717, 1.165) is 18.9 Å². The number of ether oxygens (including phenoxy) is 1. The van der Waals surface area contributed by atoms with Gasteiger partial charge in [-0.3, -0.25) is 0 Å². The van der Waals surface area contributed by atoms with E-state index in [2.05, 4.69) is 27.2 Å². The number of piperidine rings is 1. The Labute approximate surface area is 114 Å². The summed E-state index contributed by atoms with van der Waals surface area (Å²) in [6, 6.07) is 0. The summed E-state index contributed by atoms with van der Waals surface area (Å²) in [5.74, 6) is 2.39. The Morgan fingerprint density at radius 3 is 2.84 bits per heavy atom. The third-order valence-electron chi connectivity index (χ3n) is 3.72. The predicted octanol–water partition coefficient (Wildman–Crippen LogP) is 1.21. The summed E-state index contributed by atoms with van der Waals surface area (Å²) >= 11 is 0. The number of nitrogens with two attached hydrogens (primary N) is 1. The molecule has 2 rings (SSSR count). The quantitative estimate of drug-likeness (QED) is 0.833. The van der Waals surface area contributed by atoms with Crippen molar-refractivity contribution in [3.8, 4) is 5.75 Å². The maximum Gasteiger partial charge on any atom is 0.203 e. The molecule has 0 spiro atoms. The van der Waals surface area contributed by atoms with Gasteiger partial charge < -0.3 is 20.7 Å². The second-order valence-electron chi connectivity index (χ2n) is 5.10. The van der Waals surface area contributed by atoms with Gasteiger partial charge in [-0.15, -0.1) is 0 Å². The minimum absolute atomic E-state index is 0.374. The van der Waals surface area contributed by atoms with E-state index in [1.54, 1.807) is 7.11 Å². The highest BCUT2D eigenvalue weighted by molar-refractivity contribution is 5.61. The van der Waals surface area contributed by atoms with Crippen LogP contribution in [0.5, 0.6) is 5.75 Å². The molecule has 0 atom stereocenters. The van der Waals surface area contributed by atoms with E-state index < -0.39 is 0 Å². The molecule has 0 bridgehead atoms. The van der Waals surface area contributed by atoms with Crippen molar-refractivity contribution in [2.45, 2.75) is 19.3 Å². The van der Waals surface area contributed by atoms with Crippen LogP contribution in [-0.2, 0) is 0 Å². The van der Waals surface area contributed by atoms with Crippen LogP contribution in [0.3, 0.4) is 0 Å². The van der Waals surface area contributed by atoms with E-state index >= 15 is 0 Å². The normalized spacial score (nSPS) is 17.4. The number of hydrogen-bond donors (Lipinski definition) is 2. The molecule has 106 valence electrons. The number of nitrogens with zero attached hydrogens (tertiary/aromatic N) is 3. The van der Waals surface area contributed by atoms with E-state index in [4.69, 9.17) is 10.5 Å². The molecule has 2 heterocycles. The highest BCUT2D eigenvalue weighted by Crippen LogP contribution is 2.26.